The molecule has 2 aromatic carbocycles. The van der Waals surface area contributed by atoms with Gasteiger partial charge in [0.1, 0.15) is 0 Å². The van der Waals surface area contributed by atoms with Crippen LogP contribution in [-0.4, -0.2) is 8.76 Å². The van der Waals surface area contributed by atoms with Gasteiger partial charge < -0.3 is 4.55 Å². The van der Waals surface area contributed by atoms with Crippen LogP contribution in [0.3, 0.4) is 0 Å². The van der Waals surface area contributed by atoms with Crippen LogP contribution in [0.25, 0.3) is 10.8 Å². The lowest BCUT2D eigenvalue weighted by atomic mass is 10.1. The second kappa shape index (κ2) is 3.81. The third-order valence-corrected chi connectivity index (χ3v) is 3.44. The monoisotopic (exact) mass is 270 g/mol. The lowest BCUT2D eigenvalue weighted by molar-refractivity contribution is 0.565. The molecule has 72 valence electrons. The van der Waals surface area contributed by atoms with Crippen molar-refractivity contribution >= 4 is 37.8 Å². The summed E-state index contributed by atoms with van der Waals surface area (Å²) >= 11 is 1.47. The van der Waals surface area contributed by atoms with Crippen LogP contribution in [0.1, 0.15) is 0 Å². The quantitative estimate of drug-likeness (QED) is 0.809. The summed E-state index contributed by atoms with van der Waals surface area (Å²) in [7, 11) is 0. The van der Waals surface area contributed by atoms with Gasteiger partial charge in [0.15, 0.2) is 11.1 Å². The van der Waals surface area contributed by atoms with Gasteiger partial charge in [-0.3, -0.25) is 0 Å². The first-order valence-corrected chi connectivity index (χ1v) is 5.88. The van der Waals surface area contributed by atoms with Gasteiger partial charge in [-0.05, 0) is 17.5 Å². The Hall–Kier alpha value is -0.710. The molecule has 0 saturated carbocycles. The zero-order valence-corrected chi connectivity index (χ0v) is 9.51. The molecule has 0 aliphatic heterocycles. The van der Waals surface area contributed by atoms with E-state index in [0.717, 1.165) is 15.2 Å². The van der Waals surface area contributed by atoms with Crippen molar-refractivity contribution < 1.29 is 8.76 Å². The van der Waals surface area contributed by atoms with Crippen LogP contribution in [-0.2, 0) is 11.1 Å². The lowest BCUT2D eigenvalue weighted by Gasteiger charge is -2.03. The maximum absolute atomic E-state index is 11.0. The Morgan fingerprint density at radius 1 is 1.07 bits per heavy atom. The molecular formula is C10H7BrO2S. The van der Waals surface area contributed by atoms with E-state index < -0.39 is 11.1 Å². The molecule has 1 unspecified atom stereocenters. The predicted octanol–water partition coefficient (Wildman–Crippen LogP) is 3.18. The highest BCUT2D eigenvalue weighted by Crippen LogP contribution is 2.28. The normalized spacial score (nSPS) is 13.0. The maximum Gasteiger partial charge on any atom is 0.187 e. The predicted molar refractivity (Wildman–Crippen MR) is 60.7 cm³/mol. The van der Waals surface area contributed by atoms with Crippen LogP contribution < -0.4 is 0 Å². The largest absolute Gasteiger partial charge is 0.302 e. The molecule has 2 aromatic rings. The van der Waals surface area contributed by atoms with Crippen LogP contribution in [0, 0.1) is 0 Å². The van der Waals surface area contributed by atoms with Gasteiger partial charge in [-0.2, -0.15) is 0 Å². The van der Waals surface area contributed by atoms with Crippen molar-refractivity contribution in [1.82, 2.24) is 0 Å². The summed E-state index contributed by atoms with van der Waals surface area (Å²) in [4.78, 5) is 0.448. The molecule has 4 heteroatoms. The number of fused-ring (bicyclic) bond motifs is 1. The number of halogens is 1. The minimum Gasteiger partial charge on any atom is -0.302 e. The molecule has 14 heavy (non-hydrogen) atoms. The van der Waals surface area contributed by atoms with E-state index in [1.165, 1.54) is 0 Å². The van der Waals surface area contributed by atoms with Crippen molar-refractivity contribution in [2.45, 2.75) is 4.90 Å². The van der Waals surface area contributed by atoms with Gasteiger partial charge in [0.25, 0.3) is 0 Å². The summed E-state index contributed by atoms with van der Waals surface area (Å²) in [5.74, 6) is 0. The standard InChI is InChI=1S/C10H7BrO2S/c11-9-5-6-10(14(12)13)8-4-2-1-3-7(8)9/h1-6H,(H,12,13). The summed E-state index contributed by atoms with van der Waals surface area (Å²) in [5.41, 5.74) is 0. The van der Waals surface area contributed by atoms with E-state index in [9.17, 15) is 4.21 Å². The van der Waals surface area contributed by atoms with Gasteiger partial charge in [-0.1, -0.05) is 40.2 Å². The summed E-state index contributed by atoms with van der Waals surface area (Å²) in [6.07, 6.45) is 0. The topological polar surface area (TPSA) is 37.3 Å². The van der Waals surface area contributed by atoms with Gasteiger partial charge in [-0.15, -0.1) is 0 Å². The average Bonchev–Trinajstić information content (AvgIpc) is 2.18. The summed E-state index contributed by atoms with van der Waals surface area (Å²) in [5, 5.41) is 1.76. The molecular weight excluding hydrogens is 264 g/mol. The van der Waals surface area contributed by atoms with E-state index in [1.807, 2.05) is 24.3 Å². The Morgan fingerprint density at radius 3 is 2.36 bits per heavy atom. The van der Waals surface area contributed by atoms with Gasteiger partial charge in [-0.25, -0.2) is 4.21 Å². The summed E-state index contributed by atoms with van der Waals surface area (Å²) in [6, 6.07) is 10.9. The number of benzene rings is 2. The fourth-order valence-corrected chi connectivity index (χ4v) is 2.42. The maximum atomic E-state index is 11.0. The fraction of sp³-hybridized carbons (Fsp3) is 0. The zero-order valence-electron chi connectivity index (χ0n) is 7.11. The first-order valence-electron chi connectivity index (χ1n) is 3.98. The molecule has 1 N–H and O–H groups in total. The molecule has 0 aliphatic rings. The van der Waals surface area contributed by atoms with Crippen LogP contribution in [0.4, 0.5) is 0 Å². The Morgan fingerprint density at radius 2 is 1.71 bits per heavy atom. The van der Waals surface area contributed by atoms with E-state index in [-0.39, 0.29) is 0 Å². The molecule has 2 rings (SSSR count). The second-order valence-corrected chi connectivity index (χ2v) is 4.63. The van der Waals surface area contributed by atoms with Crippen LogP contribution in [0.15, 0.2) is 45.8 Å². The first kappa shape index (κ1) is 9.83. The molecule has 0 fully saturated rings. The Balaban J connectivity index is 2.88. The highest BCUT2D eigenvalue weighted by molar-refractivity contribution is 9.10. The van der Waals surface area contributed by atoms with E-state index in [2.05, 4.69) is 15.9 Å². The summed E-state index contributed by atoms with van der Waals surface area (Å²) in [6.45, 7) is 0. The lowest BCUT2D eigenvalue weighted by Crippen LogP contribution is -1.90. The molecule has 0 radical (unpaired) electrons. The zero-order chi connectivity index (χ0) is 10.1. The van der Waals surface area contributed by atoms with Crippen molar-refractivity contribution in [3.63, 3.8) is 0 Å². The average molecular weight is 271 g/mol. The van der Waals surface area contributed by atoms with Crippen molar-refractivity contribution in [3.05, 3.63) is 40.9 Å². The van der Waals surface area contributed by atoms with E-state index in [0.29, 0.717) is 4.90 Å². The fourth-order valence-electron chi connectivity index (χ4n) is 1.39. The van der Waals surface area contributed by atoms with E-state index in [1.54, 1.807) is 12.1 Å². The van der Waals surface area contributed by atoms with Gasteiger partial charge in [0.05, 0.1) is 4.90 Å². The third-order valence-electron chi connectivity index (χ3n) is 2.02. The van der Waals surface area contributed by atoms with Crippen molar-refractivity contribution in [2.24, 2.45) is 0 Å². The highest BCUT2D eigenvalue weighted by atomic mass is 79.9. The number of hydrogen-bond donors (Lipinski definition) is 1. The molecule has 0 aromatic heterocycles. The number of hydrogen-bond acceptors (Lipinski definition) is 1. The van der Waals surface area contributed by atoms with Crippen LogP contribution in [0.2, 0.25) is 0 Å². The molecule has 2 nitrogen and oxygen atoms in total. The first-order chi connectivity index (χ1) is 6.70. The Kier molecular flexibility index (Phi) is 2.67. The smallest absolute Gasteiger partial charge is 0.187 e. The van der Waals surface area contributed by atoms with E-state index >= 15 is 0 Å². The van der Waals surface area contributed by atoms with Crippen molar-refractivity contribution in [3.8, 4) is 0 Å². The van der Waals surface area contributed by atoms with Gasteiger partial charge in [0, 0.05) is 9.86 Å². The molecule has 0 aliphatic carbocycles. The van der Waals surface area contributed by atoms with Crippen molar-refractivity contribution in [2.75, 3.05) is 0 Å². The Bertz CT molecular complexity index is 510. The summed E-state index contributed by atoms with van der Waals surface area (Å²) < 4.78 is 21.0. The number of rotatable bonds is 1. The Labute approximate surface area is 92.4 Å². The second-order valence-electron chi connectivity index (χ2n) is 2.84. The highest BCUT2D eigenvalue weighted by Gasteiger charge is 2.07. The minimum absolute atomic E-state index is 0.448. The SMILES string of the molecule is O=S(O)c1ccc(Br)c2ccccc12. The van der Waals surface area contributed by atoms with Gasteiger partial charge in [0.2, 0.25) is 0 Å². The third kappa shape index (κ3) is 1.61. The van der Waals surface area contributed by atoms with Gasteiger partial charge >= 0.3 is 0 Å². The minimum atomic E-state index is -1.93. The molecule has 0 bridgehead atoms. The van der Waals surface area contributed by atoms with Crippen LogP contribution in [0.5, 0.6) is 0 Å². The van der Waals surface area contributed by atoms with Crippen LogP contribution >= 0.6 is 15.9 Å². The molecule has 0 amide bonds. The molecule has 0 spiro atoms. The molecule has 0 heterocycles. The van der Waals surface area contributed by atoms with Crippen molar-refractivity contribution in [1.29, 1.82) is 0 Å². The molecule has 1 atom stereocenters. The molecule has 0 saturated heterocycles. The van der Waals surface area contributed by atoms with E-state index in [4.69, 9.17) is 4.55 Å².